The van der Waals surface area contributed by atoms with Gasteiger partial charge in [-0.15, -0.1) is 0 Å². The molecule has 0 aliphatic heterocycles. The number of carbonyl (C=O) groups excluding carboxylic acids is 1. The lowest BCUT2D eigenvalue weighted by atomic mass is 10.1. The summed E-state index contributed by atoms with van der Waals surface area (Å²) in [4.78, 5) is 21.3. The van der Waals surface area contributed by atoms with E-state index in [9.17, 15) is 14.7 Å². The molecule has 4 nitrogen and oxygen atoms in total. The molecule has 0 aromatic heterocycles. The number of hydrogen-bond donors (Lipinski definition) is 2. The number of aliphatic hydroxyl groups excluding tert-OH is 1. The standard InChI is InChI=1S/C18H28O4/c1-2-16(19)12-8-6-7-10-14-17(20)13-9-4-3-5-11-15-18(21)22/h6-8,10,12,14,17,20H,2-5,9,11,13,15H2,1H3,(H,21,22)/b7-6+,12-8+,14-10+/t17-/m0/s1. The van der Waals surface area contributed by atoms with Crippen LogP contribution in [0.4, 0.5) is 0 Å². The maximum absolute atomic E-state index is 11.0. The van der Waals surface area contributed by atoms with Crippen LogP contribution in [0.25, 0.3) is 0 Å². The predicted octanol–water partition coefficient (Wildman–Crippen LogP) is 3.81. The van der Waals surface area contributed by atoms with Crippen LogP contribution < -0.4 is 0 Å². The number of rotatable bonds is 13. The van der Waals surface area contributed by atoms with Crippen molar-refractivity contribution in [3.8, 4) is 0 Å². The van der Waals surface area contributed by atoms with E-state index in [1.54, 1.807) is 30.4 Å². The van der Waals surface area contributed by atoms with Gasteiger partial charge in [0.1, 0.15) is 0 Å². The number of carbonyl (C=O) groups is 2. The van der Waals surface area contributed by atoms with E-state index in [0.29, 0.717) is 12.8 Å². The zero-order valence-electron chi connectivity index (χ0n) is 13.4. The van der Waals surface area contributed by atoms with E-state index < -0.39 is 12.1 Å². The van der Waals surface area contributed by atoms with E-state index in [0.717, 1.165) is 32.1 Å². The smallest absolute Gasteiger partial charge is 0.303 e. The molecule has 124 valence electrons. The fourth-order valence-electron chi connectivity index (χ4n) is 1.86. The number of hydrogen-bond acceptors (Lipinski definition) is 3. The molecule has 0 saturated carbocycles. The van der Waals surface area contributed by atoms with Gasteiger partial charge in [-0.2, -0.15) is 0 Å². The zero-order valence-corrected chi connectivity index (χ0v) is 13.4. The van der Waals surface area contributed by atoms with E-state index in [1.165, 1.54) is 6.08 Å². The van der Waals surface area contributed by atoms with E-state index >= 15 is 0 Å². The number of unbranched alkanes of at least 4 members (excludes halogenated alkanes) is 4. The van der Waals surface area contributed by atoms with E-state index in [2.05, 4.69) is 0 Å². The second-order valence-corrected chi connectivity index (χ2v) is 5.22. The van der Waals surface area contributed by atoms with Gasteiger partial charge in [0.25, 0.3) is 0 Å². The Morgan fingerprint density at radius 3 is 2.27 bits per heavy atom. The summed E-state index contributed by atoms with van der Waals surface area (Å²) in [6.07, 6.45) is 15.9. The van der Waals surface area contributed by atoms with Crippen molar-refractivity contribution in [3.05, 3.63) is 36.5 Å². The van der Waals surface area contributed by atoms with E-state index in [1.807, 2.05) is 6.92 Å². The second-order valence-electron chi connectivity index (χ2n) is 5.22. The first kappa shape index (κ1) is 20.3. The van der Waals surface area contributed by atoms with Crippen LogP contribution in [0.3, 0.4) is 0 Å². The van der Waals surface area contributed by atoms with Crippen molar-refractivity contribution < 1.29 is 19.8 Å². The summed E-state index contributed by atoms with van der Waals surface area (Å²) < 4.78 is 0. The molecule has 0 unspecified atom stereocenters. The number of aliphatic hydroxyl groups is 1. The van der Waals surface area contributed by atoms with Gasteiger partial charge in [-0.1, -0.05) is 63.0 Å². The molecule has 0 saturated heterocycles. The summed E-state index contributed by atoms with van der Waals surface area (Å²) in [7, 11) is 0. The van der Waals surface area contributed by atoms with Crippen LogP contribution in [0, 0.1) is 0 Å². The van der Waals surface area contributed by atoms with Gasteiger partial charge in [-0.3, -0.25) is 9.59 Å². The molecule has 22 heavy (non-hydrogen) atoms. The van der Waals surface area contributed by atoms with Crippen LogP contribution >= 0.6 is 0 Å². The zero-order chi connectivity index (χ0) is 16.6. The molecule has 0 fully saturated rings. The minimum Gasteiger partial charge on any atom is -0.481 e. The topological polar surface area (TPSA) is 74.6 Å². The summed E-state index contributed by atoms with van der Waals surface area (Å²) in [6.45, 7) is 1.82. The van der Waals surface area contributed by atoms with E-state index in [4.69, 9.17) is 5.11 Å². The van der Waals surface area contributed by atoms with Crippen LogP contribution in [0.15, 0.2) is 36.5 Å². The quantitative estimate of drug-likeness (QED) is 0.308. The molecule has 0 rings (SSSR count). The summed E-state index contributed by atoms with van der Waals surface area (Å²) in [6, 6.07) is 0. The molecule has 0 aliphatic carbocycles. The third-order valence-electron chi connectivity index (χ3n) is 3.19. The Morgan fingerprint density at radius 2 is 1.59 bits per heavy atom. The predicted molar refractivity (Wildman–Crippen MR) is 88.7 cm³/mol. The first-order valence-electron chi connectivity index (χ1n) is 8.00. The van der Waals surface area contributed by atoms with Crippen LogP contribution in [0.2, 0.25) is 0 Å². The molecule has 0 aromatic carbocycles. The van der Waals surface area contributed by atoms with Gasteiger partial charge in [-0.25, -0.2) is 0 Å². The lowest BCUT2D eigenvalue weighted by Gasteiger charge is -2.04. The Hall–Kier alpha value is -1.68. The summed E-state index contributed by atoms with van der Waals surface area (Å²) >= 11 is 0. The lowest BCUT2D eigenvalue weighted by Crippen LogP contribution is -2.01. The molecule has 0 spiro atoms. The highest BCUT2D eigenvalue weighted by molar-refractivity contribution is 5.89. The Morgan fingerprint density at radius 1 is 0.955 bits per heavy atom. The fraction of sp³-hybridized carbons (Fsp3) is 0.556. The van der Waals surface area contributed by atoms with Crippen molar-refractivity contribution in [2.75, 3.05) is 0 Å². The SMILES string of the molecule is CCC(=O)/C=C/C=C/C=C/[C@@H](O)CCCCCCCC(=O)O. The highest BCUT2D eigenvalue weighted by Gasteiger charge is 1.99. The van der Waals surface area contributed by atoms with E-state index in [-0.39, 0.29) is 12.2 Å². The lowest BCUT2D eigenvalue weighted by molar-refractivity contribution is -0.137. The van der Waals surface area contributed by atoms with Crippen LogP contribution in [0.5, 0.6) is 0 Å². The van der Waals surface area contributed by atoms with Crippen molar-refractivity contribution in [2.24, 2.45) is 0 Å². The molecular weight excluding hydrogens is 280 g/mol. The summed E-state index contributed by atoms with van der Waals surface area (Å²) in [5.74, 6) is -0.639. The van der Waals surface area contributed by atoms with Crippen molar-refractivity contribution in [1.82, 2.24) is 0 Å². The Labute approximate surface area is 133 Å². The van der Waals surface area contributed by atoms with Crippen molar-refractivity contribution in [1.29, 1.82) is 0 Å². The number of aliphatic carboxylic acids is 1. The van der Waals surface area contributed by atoms with Gasteiger partial charge >= 0.3 is 5.97 Å². The summed E-state index contributed by atoms with van der Waals surface area (Å²) in [5, 5.41) is 18.2. The molecule has 0 bridgehead atoms. The molecule has 4 heteroatoms. The molecule has 0 heterocycles. The largest absolute Gasteiger partial charge is 0.481 e. The molecule has 0 radical (unpaired) electrons. The second kappa shape index (κ2) is 14.3. The third-order valence-corrected chi connectivity index (χ3v) is 3.19. The minimum absolute atomic E-state index is 0.0945. The van der Waals surface area contributed by atoms with Gasteiger partial charge in [-0.05, 0) is 18.9 Å². The number of carboxylic acids is 1. The molecule has 2 N–H and O–H groups in total. The maximum atomic E-state index is 11.0. The number of carboxylic acid groups (broad SMARTS) is 1. The van der Waals surface area contributed by atoms with Gasteiger partial charge < -0.3 is 10.2 Å². The first-order chi connectivity index (χ1) is 10.6. The Kier molecular flexibility index (Phi) is 13.2. The monoisotopic (exact) mass is 308 g/mol. The fourth-order valence-corrected chi connectivity index (χ4v) is 1.86. The average Bonchev–Trinajstić information content (AvgIpc) is 2.49. The molecular formula is C18H28O4. The van der Waals surface area contributed by atoms with Gasteiger partial charge in [0.2, 0.25) is 0 Å². The number of allylic oxidation sites excluding steroid dienone is 5. The molecule has 1 atom stereocenters. The highest BCUT2D eigenvalue weighted by atomic mass is 16.4. The van der Waals surface area contributed by atoms with Crippen molar-refractivity contribution >= 4 is 11.8 Å². The minimum atomic E-state index is -0.734. The third kappa shape index (κ3) is 14.7. The Bertz CT molecular complexity index is 394. The van der Waals surface area contributed by atoms with Crippen molar-refractivity contribution in [3.63, 3.8) is 0 Å². The van der Waals surface area contributed by atoms with Gasteiger partial charge in [0, 0.05) is 12.8 Å². The Balaban J connectivity index is 3.60. The molecule has 0 amide bonds. The maximum Gasteiger partial charge on any atom is 0.303 e. The van der Waals surface area contributed by atoms with Crippen LogP contribution in [-0.2, 0) is 9.59 Å². The highest BCUT2D eigenvalue weighted by Crippen LogP contribution is 2.09. The van der Waals surface area contributed by atoms with Crippen LogP contribution in [-0.4, -0.2) is 28.1 Å². The number of ketones is 1. The normalized spacial score (nSPS) is 13.4. The van der Waals surface area contributed by atoms with Crippen molar-refractivity contribution in [2.45, 2.75) is 64.4 Å². The average molecular weight is 308 g/mol. The molecule has 0 aliphatic rings. The first-order valence-corrected chi connectivity index (χ1v) is 8.00. The van der Waals surface area contributed by atoms with Crippen LogP contribution in [0.1, 0.15) is 58.3 Å². The van der Waals surface area contributed by atoms with Gasteiger partial charge in [0.15, 0.2) is 5.78 Å². The van der Waals surface area contributed by atoms with Gasteiger partial charge in [0.05, 0.1) is 6.10 Å². The molecule has 0 aromatic rings. The summed E-state index contributed by atoms with van der Waals surface area (Å²) in [5.41, 5.74) is 0.